The normalized spacial score (nSPS) is 18.2. The first kappa shape index (κ1) is 20.2. The first-order valence-electron chi connectivity index (χ1n) is 10.4. The van der Waals surface area contributed by atoms with Gasteiger partial charge in [-0.1, -0.05) is 19.3 Å². The van der Waals surface area contributed by atoms with Gasteiger partial charge in [0.25, 0.3) is 0 Å². The van der Waals surface area contributed by atoms with E-state index >= 15 is 0 Å². The third kappa shape index (κ3) is 5.97. The Morgan fingerprint density at radius 3 is 2.04 bits per heavy atom. The molecule has 1 aromatic rings. The highest BCUT2D eigenvalue weighted by atomic mass is 16.2. The van der Waals surface area contributed by atoms with Gasteiger partial charge >= 0.3 is 6.03 Å². The van der Waals surface area contributed by atoms with E-state index in [4.69, 9.17) is 0 Å². The Hall–Kier alpha value is -2.57. The maximum absolute atomic E-state index is 12.4. The summed E-state index contributed by atoms with van der Waals surface area (Å²) in [4.78, 5) is 40.1. The van der Waals surface area contributed by atoms with Gasteiger partial charge in [-0.3, -0.25) is 9.59 Å². The van der Waals surface area contributed by atoms with Crippen LogP contribution in [0.2, 0.25) is 0 Å². The van der Waals surface area contributed by atoms with Gasteiger partial charge in [-0.25, -0.2) is 4.79 Å². The molecule has 2 heterocycles. The molecule has 2 aliphatic rings. The van der Waals surface area contributed by atoms with Crippen molar-refractivity contribution >= 4 is 29.2 Å². The Balaban J connectivity index is 1.48. The molecule has 152 valence electrons. The van der Waals surface area contributed by atoms with Gasteiger partial charge < -0.3 is 20.4 Å². The maximum atomic E-state index is 12.4. The number of anilines is 2. The third-order valence-corrected chi connectivity index (χ3v) is 5.32. The lowest BCUT2D eigenvalue weighted by Gasteiger charge is -2.21. The summed E-state index contributed by atoms with van der Waals surface area (Å²) >= 11 is 0. The van der Waals surface area contributed by atoms with Crippen LogP contribution >= 0.6 is 0 Å². The molecule has 4 amide bonds. The predicted molar refractivity (Wildman–Crippen MR) is 109 cm³/mol. The van der Waals surface area contributed by atoms with Crippen molar-refractivity contribution in [3.05, 3.63) is 24.3 Å². The van der Waals surface area contributed by atoms with Crippen molar-refractivity contribution in [2.45, 2.75) is 51.4 Å². The average molecular weight is 386 g/mol. The van der Waals surface area contributed by atoms with E-state index in [0.717, 1.165) is 45.2 Å². The summed E-state index contributed by atoms with van der Waals surface area (Å²) in [7, 11) is 0. The summed E-state index contributed by atoms with van der Waals surface area (Å²) in [6, 6.07) is 7.02. The van der Waals surface area contributed by atoms with E-state index in [1.54, 1.807) is 29.2 Å². The first-order chi connectivity index (χ1) is 13.6. The number of carbonyl (C=O) groups is 3. The predicted octanol–water partition coefficient (Wildman–Crippen LogP) is 3.44. The van der Waals surface area contributed by atoms with E-state index in [1.165, 1.54) is 12.8 Å². The van der Waals surface area contributed by atoms with Crippen LogP contribution in [0.1, 0.15) is 51.4 Å². The van der Waals surface area contributed by atoms with Crippen LogP contribution in [0.3, 0.4) is 0 Å². The number of nitrogens with one attached hydrogen (secondary N) is 2. The van der Waals surface area contributed by atoms with Gasteiger partial charge in [-0.15, -0.1) is 0 Å². The molecule has 0 bridgehead atoms. The fourth-order valence-corrected chi connectivity index (χ4v) is 3.69. The molecule has 2 N–H and O–H groups in total. The zero-order valence-corrected chi connectivity index (χ0v) is 16.4. The molecule has 0 unspecified atom stereocenters. The van der Waals surface area contributed by atoms with Gasteiger partial charge in [0, 0.05) is 37.4 Å². The van der Waals surface area contributed by atoms with Crippen LogP contribution in [-0.2, 0) is 9.59 Å². The molecule has 3 rings (SSSR count). The second-order valence-corrected chi connectivity index (χ2v) is 7.58. The summed E-state index contributed by atoms with van der Waals surface area (Å²) in [5, 5.41) is 5.75. The molecule has 7 nitrogen and oxygen atoms in total. The second-order valence-electron chi connectivity index (χ2n) is 7.58. The fourth-order valence-electron chi connectivity index (χ4n) is 3.69. The molecule has 7 heteroatoms. The molecule has 28 heavy (non-hydrogen) atoms. The van der Waals surface area contributed by atoms with Gasteiger partial charge in [0.15, 0.2) is 0 Å². The molecule has 2 fully saturated rings. The van der Waals surface area contributed by atoms with Crippen molar-refractivity contribution in [3.8, 4) is 0 Å². The minimum Gasteiger partial charge on any atom is -0.333 e. The van der Waals surface area contributed by atoms with Crippen molar-refractivity contribution < 1.29 is 14.4 Å². The fraction of sp³-hybridized carbons (Fsp3) is 0.571. The van der Waals surface area contributed by atoms with Crippen LogP contribution in [0.5, 0.6) is 0 Å². The van der Waals surface area contributed by atoms with Crippen molar-refractivity contribution in [1.82, 2.24) is 9.80 Å². The molecule has 0 spiro atoms. The SMILES string of the molecule is O=C(CN1CCCCCC1=O)Nc1ccc(NC(=O)N2CCCCCC2)cc1. The zero-order chi connectivity index (χ0) is 19.8. The number of hydrogen-bond acceptors (Lipinski definition) is 3. The van der Waals surface area contributed by atoms with Crippen LogP contribution in [0.25, 0.3) is 0 Å². The van der Waals surface area contributed by atoms with Crippen LogP contribution < -0.4 is 10.6 Å². The summed E-state index contributed by atoms with van der Waals surface area (Å²) in [6.07, 6.45) is 7.89. The van der Waals surface area contributed by atoms with Gasteiger partial charge in [0.2, 0.25) is 11.8 Å². The number of rotatable bonds is 4. The van der Waals surface area contributed by atoms with Crippen molar-refractivity contribution in [2.75, 3.05) is 36.8 Å². The van der Waals surface area contributed by atoms with Crippen molar-refractivity contribution in [3.63, 3.8) is 0 Å². The second kappa shape index (κ2) is 10.1. The van der Waals surface area contributed by atoms with E-state index < -0.39 is 0 Å². The summed E-state index contributed by atoms with van der Waals surface area (Å²) in [6.45, 7) is 2.34. The van der Waals surface area contributed by atoms with Crippen LogP contribution in [-0.4, -0.2) is 53.8 Å². The lowest BCUT2D eigenvalue weighted by molar-refractivity contribution is -0.134. The Labute approximate surface area is 166 Å². The third-order valence-electron chi connectivity index (χ3n) is 5.32. The largest absolute Gasteiger partial charge is 0.333 e. The number of hydrogen-bond donors (Lipinski definition) is 2. The minimum absolute atomic E-state index is 0.0548. The van der Waals surface area contributed by atoms with E-state index in [1.807, 2.05) is 4.90 Å². The van der Waals surface area contributed by atoms with Gasteiger partial charge in [0.05, 0.1) is 6.54 Å². The number of amides is 4. The van der Waals surface area contributed by atoms with Crippen LogP contribution in [0.4, 0.5) is 16.2 Å². The summed E-state index contributed by atoms with van der Waals surface area (Å²) in [5.74, 6) is -0.143. The van der Waals surface area contributed by atoms with Crippen molar-refractivity contribution in [2.24, 2.45) is 0 Å². The molecule has 0 aliphatic carbocycles. The van der Waals surface area contributed by atoms with Gasteiger partial charge in [-0.2, -0.15) is 0 Å². The lowest BCUT2D eigenvalue weighted by atomic mass is 10.2. The summed E-state index contributed by atoms with van der Waals surface area (Å²) < 4.78 is 0. The highest BCUT2D eigenvalue weighted by molar-refractivity contribution is 5.95. The van der Waals surface area contributed by atoms with Gasteiger partial charge in [-0.05, 0) is 49.9 Å². The molecular weight excluding hydrogens is 356 g/mol. The van der Waals surface area contributed by atoms with E-state index in [0.29, 0.717) is 24.3 Å². The molecule has 2 saturated heterocycles. The maximum Gasteiger partial charge on any atom is 0.321 e. The highest BCUT2D eigenvalue weighted by Gasteiger charge is 2.19. The number of urea groups is 1. The summed E-state index contributed by atoms with van der Waals surface area (Å²) in [5.41, 5.74) is 1.36. The molecule has 0 aromatic heterocycles. The Bertz CT molecular complexity index is 681. The van der Waals surface area contributed by atoms with Crippen LogP contribution in [0, 0.1) is 0 Å². The first-order valence-corrected chi connectivity index (χ1v) is 10.4. The number of benzene rings is 1. The quantitative estimate of drug-likeness (QED) is 0.832. The number of carbonyl (C=O) groups excluding carboxylic acids is 3. The molecular formula is C21H30N4O3. The molecule has 0 saturated carbocycles. The smallest absolute Gasteiger partial charge is 0.321 e. The minimum atomic E-state index is -0.198. The number of nitrogens with zero attached hydrogens (tertiary/aromatic N) is 2. The standard InChI is InChI=1S/C21H30N4O3/c26-19(16-25-15-7-3-4-8-20(25)27)22-17-9-11-18(12-10-17)23-21(28)24-13-5-1-2-6-14-24/h9-12H,1-8,13-16H2,(H,22,26)(H,23,28). The molecule has 1 aromatic carbocycles. The van der Waals surface area contributed by atoms with E-state index in [-0.39, 0.29) is 24.4 Å². The van der Waals surface area contributed by atoms with E-state index in [2.05, 4.69) is 10.6 Å². The topological polar surface area (TPSA) is 81.8 Å². The zero-order valence-electron chi connectivity index (χ0n) is 16.4. The molecule has 2 aliphatic heterocycles. The Morgan fingerprint density at radius 2 is 1.36 bits per heavy atom. The molecule has 0 atom stereocenters. The van der Waals surface area contributed by atoms with Crippen LogP contribution in [0.15, 0.2) is 24.3 Å². The number of likely N-dealkylation sites (tertiary alicyclic amines) is 2. The lowest BCUT2D eigenvalue weighted by Crippen LogP contribution is -2.37. The average Bonchev–Trinajstić information content (AvgIpc) is 3.07. The Kier molecular flexibility index (Phi) is 7.28. The van der Waals surface area contributed by atoms with E-state index in [9.17, 15) is 14.4 Å². The van der Waals surface area contributed by atoms with Crippen molar-refractivity contribution in [1.29, 1.82) is 0 Å². The monoisotopic (exact) mass is 386 g/mol. The molecule has 0 radical (unpaired) electrons. The highest BCUT2D eigenvalue weighted by Crippen LogP contribution is 2.16. The van der Waals surface area contributed by atoms with Gasteiger partial charge in [0.1, 0.15) is 0 Å². The Morgan fingerprint density at radius 1 is 0.786 bits per heavy atom.